The number of hydrogen-bond donors (Lipinski definition) is 1. The van der Waals surface area contributed by atoms with E-state index in [1.807, 2.05) is 76.8 Å². The summed E-state index contributed by atoms with van der Waals surface area (Å²) in [6, 6.07) is 24.1. The molecule has 1 saturated carbocycles. The van der Waals surface area contributed by atoms with Crippen molar-refractivity contribution >= 4 is 29.0 Å². The van der Waals surface area contributed by atoms with Crippen LogP contribution < -0.4 is 5.32 Å². The SMILES string of the molecule is O=C(CSc1nc(C2CC2)n(-c2ccccc2)n1)N[C@@H](c1ccccc1)c1cccs1. The van der Waals surface area contributed by atoms with Gasteiger partial charge < -0.3 is 5.32 Å². The molecule has 2 aromatic carbocycles. The molecule has 7 heteroatoms. The fraction of sp³-hybridized carbons (Fsp3) is 0.208. The van der Waals surface area contributed by atoms with Crippen molar-refractivity contribution in [2.75, 3.05) is 5.75 Å². The van der Waals surface area contributed by atoms with Crippen LogP contribution in [0, 0.1) is 0 Å². The highest BCUT2D eigenvalue weighted by molar-refractivity contribution is 7.99. The summed E-state index contributed by atoms with van der Waals surface area (Å²) in [6.07, 6.45) is 2.30. The minimum absolute atomic E-state index is 0.0312. The molecule has 0 bridgehead atoms. The number of nitrogens with one attached hydrogen (secondary N) is 1. The van der Waals surface area contributed by atoms with E-state index in [0.717, 1.165) is 34.8 Å². The van der Waals surface area contributed by atoms with Crippen LogP contribution in [0.25, 0.3) is 5.69 Å². The average Bonchev–Trinajstić information content (AvgIpc) is 3.34. The summed E-state index contributed by atoms with van der Waals surface area (Å²) < 4.78 is 1.93. The third-order valence-corrected chi connectivity index (χ3v) is 6.93. The Balaban J connectivity index is 1.29. The summed E-state index contributed by atoms with van der Waals surface area (Å²) in [5.41, 5.74) is 2.08. The monoisotopic (exact) mass is 446 g/mol. The molecule has 2 heterocycles. The number of rotatable bonds is 8. The molecular weight excluding hydrogens is 424 g/mol. The number of nitrogens with zero attached hydrogens (tertiary/aromatic N) is 3. The van der Waals surface area contributed by atoms with Crippen LogP contribution in [0.1, 0.15) is 41.1 Å². The van der Waals surface area contributed by atoms with E-state index in [9.17, 15) is 4.79 Å². The summed E-state index contributed by atoms with van der Waals surface area (Å²) >= 11 is 3.03. The smallest absolute Gasteiger partial charge is 0.231 e. The van der Waals surface area contributed by atoms with Crippen LogP contribution >= 0.6 is 23.1 Å². The van der Waals surface area contributed by atoms with Crippen LogP contribution in [0.3, 0.4) is 0 Å². The van der Waals surface area contributed by atoms with E-state index in [0.29, 0.717) is 11.1 Å². The molecule has 1 aliphatic carbocycles. The van der Waals surface area contributed by atoms with Gasteiger partial charge in [0, 0.05) is 10.8 Å². The molecule has 5 rings (SSSR count). The second kappa shape index (κ2) is 9.08. The van der Waals surface area contributed by atoms with Gasteiger partial charge >= 0.3 is 0 Å². The van der Waals surface area contributed by atoms with Crippen molar-refractivity contribution in [2.45, 2.75) is 30.0 Å². The minimum atomic E-state index is -0.147. The van der Waals surface area contributed by atoms with Crippen LogP contribution in [0.15, 0.2) is 83.3 Å². The highest BCUT2D eigenvalue weighted by Gasteiger charge is 2.30. The molecule has 0 spiro atoms. The van der Waals surface area contributed by atoms with Gasteiger partial charge in [-0.2, -0.15) is 0 Å². The Kier molecular flexibility index (Phi) is 5.86. The highest BCUT2D eigenvalue weighted by Crippen LogP contribution is 2.40. The van der Waals surface area contributed by atoms with Crippen LogP contribution in [-0.2, 0) is 4.79 Å². The third-order valence-electron chi connectivity index (χ3n) is 5.15. The summed E-state index contributed by atoms with van der Waals surface area (Å²) in [6.45, 7) is 0. The van der Waals surface area contributed by atoms with Gasteiger partial charge in [-0.25, -0.2) is 9.67 Å². The van der Waals surface area contributed by atoms with Crippen LogP contribution in [0.2, 0.25) is 0 Å². The Hall–Kier alpha value is -2.90. The maximum Gasteiger partial charge on any atom is 0.231 e. The molecule has 5 nitrogen and oxygen atoms in total. The molecular formula is C24H22N4OS2. The molecule has 0 unspecified atom stereocenters. The number of aromatic nitrogens is 3. The zero-order valence-corrected chi connectivity index (χ0v) is 18.5. The van der Waals surface area contributed by atoms with E-state index in [1.54, 1.807) is 11.3 Å². The molecule has 1 aliphatic rings. The van der Waals surface area contributed by atoms with Crippen molar-refractivity contribution in [1.82, 2.24) is 20.1 Å². The van der Waals surface area contributed by atoms with Gasteiger partial charge in [-0.1, -0.05) is 66.4 Å². The first-order valence-electron chi connectivity index (χ1n) is 10.3. The molecule has 156 valence electrons. The average molecular weight is 447 g/mol. The molecule has 1 fully saturated rings. The van der Waals surface area contributed by atoms with Crippen LogP contribution in [-0.4, -0.2) is 26.4 Å². The lowest BCUT2D eigenvalue weighted by molar-refractivity contribution is -0.119. The van der Waals surface area contributed by atoms with E-state index in [4.69, 9.17) is 10.1 Å². The van der Waals surface area contributed by atoms with Crippen molar-refractivity contribution in [3.05, 3.63) is 94.4 Å². The summed E-state index contributed by atoms with van der Waals surface area (Å²) in [7, 11) is 0. The Labute approximate surface area is 189 Å². The van der Waals surface area contributed by atoms with Crippen LogP contribution in [0.4, 0.5) is 0 Å². The van der Waals surface area contributed by atoms with Crippen molar-refractivity contribution in [3.63, 3.8) is 0 Å². The van der Waals surface area contributed by atoms with Crippen molar-refractivity contribution in [1.29, 1.82) is 0 Å². The second-order valence-corrected chi connectivity index (χ2v) is 9.41. The lowest BCUT2D eigenvalue weighted by Crippen LogP contribution is -2.30. The maximum atomic E-state index is 12.8. The summed E-state index contributed by atoms with van der Waals surface area (Å²) in [5.74, 6) is 1.71. The molecule has 1 N–H and O–H groups in total. The first kappa shape index (κ1) is 20.0. The standard InChI is InChI=1S/C24H22N4OS2/c29-21(25-22(20-12-7-15-30-20)17-8-3-1-4-9-17)16-31-24-26-23(18-13-14-18)28(27-24)19-10-5-2-6-11-19/h1-12,15,18,22H,13-14,16H2,(H,25,29)/t22-/m0/s1. The van der Waals surface area contributed by atoms with Gasteiger partial charge in [-0.3, -0.25) is 4.79 Å². The Morgan fingerprint density at radius 1 is 1.06 bits per heavy atom. The van der Waals surface area contributed by atoms with Crippen molar-refractivity contribution < 1.29 is 4.79 Å². The Morgan fingerprint density at radius 3 is 2.48 bits per heavy atom. The van der Waals surface area contributed by atoms with Gasteiger partial charge in [-0.15, -0.1) is 16.4 Å². The van der Waals surface area contributed by atoms with Gasteiger partial charge in [0.15, 0.2) is 0 Å². The zero-order valence-electron chi connectivity index (χ0n) is 16.8. The van der Waals surface area contributed by atoms with E-state index >= 15 is 0 Å². The molecule has 31 heavy (non-hydrogen) atoms. The molecule has 0 saturated heterocycles. The van der Waals surface area contributed by atoms with Gasteiger partial charge in [0.2, 0.25) is 11.1 Å². The number of benzene rings is 2. The normalized spacial score (nSPS) is 14.3. The summed E-state index contributed by atoms with van der Waals surface area (Å²) in [5, 5.41) is 10.6. The molecule has 0 radical (unpaired) electrons. The highest BCUT2D eigenvalue weighted by atomic mass is 32.2. The topological polar surface area (TPSA) is 59.8 Å². The minimum Gasteiger partial charge on any atom is -0.344 e. The number of amides is 1. The second-order valence-electron chi connectivity index (χ2n) is 7.49. The Bertz CT molecular complexity index is 1140. The number of hydrogen-bond acceptors (Lipinski definition) is 5. The predicted octanol–water partition coefficient (Wildman–Crippen LogP) is 5.20. The third kappa shape index (κ3) is 4.73. The Morgan fingerprint density at radius 2 is 1.81 bits per heavy atom. The van der Waals surface area contributed by atoms with Gasteiger partial charge in [0.25, 0.3) is 0 Å². The van der Waals surface area contributed by atoms with Gasteiger partial charge in [-0.05, 0) is 42.0 Å². The number of carbonyl (C=O) groups excluding carboxylic acids is 1. The predicted molar refractivity (Wildman–Crippen MR) is 125 cm³/mol. The van der Waals surface area contributed by atoms with Gasteiger partial charge in [0.1, 0.15) is 5.82 Å². The fourth-order valence-corrected chi connectivity index (χ4v) is 4.93. The van der Waals surface area contributed by atoms with Gasteiger partial charge in [0.05, 0.1) is 17.5 Å². The first-order valence-corrected chi connectivity index (χ1v) is 12.2. The maximum absolute atomic E-state index is 12.8. The number of para-hydroxylation sites is 1. The van der Waals surface area contributed by atoms with E-state index in [-0.39, 0.29) is 17.7 Å². The molecule has 1 atom stereocenters. The largest absolute Gasteiger partial charge is 0.344 e. The fourth-order valence-electron chi connectivity index (χ4n) is 3.48. The van der Waals surface area contributed by atoms with Crippen molar-refractivity contribution in [2.24, 2.45) is 0 Å². The lowest BCUT2D eigenvalue weighted by Gasteiger charge is -2.17. The quantitative estimate of drug-likeness (QED) is 0.378. The number of thiophene rings is 1. The molecule has 1 amide bonds. The molecule has 2 aromatic heterocycles. The van der Waals surface area contributed by atoms with Crippen molar-refractivity contribution in [3.8, 4) is 5.69 Å². The zero-order chi connectivity index (χ0) is 21.0. The number of thioether (sulfide) groups is 1. The summed E-state index contributed by atoms with van der Waals surface area (Å²) in [4.78, 5) is 18.7. The lowest BCUT2D eigenvalue weighted by atomic mass is 10.1. The van der Waals surface area contributed by atoms with E-state index in [1.165, 1.54) is 11.8 Å². The first-order chi connectivity index (χ1) is 15.3. The van der Waals surface area contributed by atoms with Crippen LogP contribution in [0.5, 0.6) is 0 Å². The molecule has 4 aromatic rings. The molecule has 0 aliphatic heterocycles. The van der Waals surface area contributed by atoms with E-state index < -0.39 is 0 Å². The van der Waals surface area contributed by atoms with E-state index in [2.05, 4.69) is 11.4 Å². The number of carbonyl (C=O) groups is 1.